The van der Waals surface area contributed by atoms with E-state index in [1.807, 2.05) is 24.3 Å². The zero-order valence-electron chi connectivity index (χ0n) is 8.30. The predicted octanol–water partition coefficient (Wildman–Crippen LogP) is 1.68. The first-order chi connectivity index (χ1) is 7.42. The van der Waals surface area contributed by atoms with E-state index in [0.717, 1.165) is 16.7 Å². The smallest absolute Gasteiger partial charge is 0.115 e. The molecule has 0 aliphatic carbocycles. The molecule has 0 bridgehead atoms. The summed E-state index contributed by atoms with van der Waals surface area (Å²) in [6.45, 7) is 0.157. The number of benzene rings is 1. The molecule has 0 aliphatic heterocycles. The minimum Gasteiger partial charge on any atom is -0.396 e. The molecular formula is C12H12N2O. The fraction of sp³-hybridized carbons (Fsp3) is 0.167. The lowest BCUT2D eigenvalue weighted by Crippen LogP contribution is -1.94. The first-order valence-electron chi connectivity index (χ1n) is 4.86. The number of hydrogen-bond acceptors (Lipinski definition) is 3. The van der Waals surface area contributed by atoms with Gasteiger partial charge in [0.05, 0.1) is 0 Å². The van der Waals surface area contributed by atoms with Crippen LogP contribution in [0.3, 0.4) is 0 Å². The molecular weight excluding hydrogens is 188 g/mol. The second-order valence-electron chi connectivity index (χ2n) is 3.26. The highest BCUT2D eigenvalue weighted by Crippen LogP contribution is 2.22. The summed E-state index contributed by atoms with van der Waals surface area (Å²) >= 11 is 0. The Bertz CT molecular complexity index is 429. The molecule has 0 saturated heterocycles. The summed E-state index contributed by atoms with van der Waals surface area (Å²) in [5, 5.41) is 8.96. The molecule has 3 heteroatoms. The van der Waals surface area contributed by atoms with Crippen molar-refractivity contribution in [3.05, 3.63) is 48.5 Å². The SMILES string of the molecule is OCCc1ccccc1-c1cncnc1. The first-order valence-corrected chi connectivity index (χ1v) is 4.86. The molecule has 0 spiro atoms. The molecule has 1 aromatic carbocycles. The summed E-state index contributed by atoms with van der Waals surface area (Å²) in [7, 11) is 0. The minimum absolute atomic E-state index is 0.157. The van der Waals surface area contributed by atoms with Crippen molar-refractivity contribution >= 4 is 0 Å². The van der Waals surface area contributed by atoms with Crippen molar-refractivity contribution in [2.45, 2.75) is 6.42 Å². The molecule has 0 fully saturated rings. The lowest BCUT2D eigenvalue weighted by atomic mass is 10.0. The largest absolute Gasteiger partial charge is 0.396 e. The van der Waals surface area contributed by atoms with Gasteiger partial charge >= 0.3 is 0 Å². The van der Waals surface area contributed by atoms with Gasteiger partial charge in [0.25, 0.3) is 0 Å². The summed E-state index contributed by atoms with van der Waals surface area (Å²) < 4.78 is 0. The van der Waals surface area contributed by atoms with Crippen molar-refractivity contribution in [1.29, 1.82) is 0 Å². The monoisotopic (exact) mass is 200 g/mol. The van der Waals surface area contributed by atoms with Crippen LogP contribution in [0.5, 0.6) is 0 Å². The van der Waals surface area contributed by atoms with Crippen LogP contribution in [0, 0.1) is 0 Å². The van der Waals surface area contributed by atoms with Crippen LogP contribution in [-0.2, 0) is 6.42 Å². The number of rotatable bonds is 3. The maximum absolute atomic E-state index is 8.96. The van der Waals surface area contributed by atoms with Gasteiger partial charge in [0, 0.05) is 24.6 Å². The van der Waals surface area contributed by atoms with Gasteiger partial charge in [0.15, 0.2) is 0 Å². The Hall–Kier alpha value is -1.74. The second-order valence-corrected chi connectivity index (χ2v) is 3.26. The van der Waals surface area contributed by atoms with E-state index >= 15 is 0 Å². The van der Waals surface area contributed by atoms with Crippen LogP contribution in [0.4, 0.5) is 0 Å². The fourth-order valence-electron chi connectivity index (χ4n) is 1.58. The molecule has 0 amide bonds. The molecule has 15 heavy (non-hydrogen) atoms. The standard InChI is InChI=1S/C12H12N2O/c15-6-5-10-3-1-2-4-12(10)11-7-13-9-14-8-11/h1-4,7-9,15H,5-6H2. The molecule has 0 unspecified atom stereocenters. The van der Waals surface area contributed by atoms with Gasteiger partial charge in [-0.3, -0.25) is 0 Å². The van der Waals surface area contributed by atoms with Gasteiger partial charge < -0.3 is 5.11 Å². The van der Waals surface area contributed by atoms with E-state index < -0.39 is 0 Å². The first kappa shape index (κ1) is 9.80. The van der Waals surface area contributed by atoms with E-state index in [2.05, 4.69) is 9.97 Å². The molecule has 0 aliphatic rings. The number of aliphatic hydroxyl groups excluding tert-OH is 1. The molecule has 1 aromatic heterocycles. The van der Waals surface area contributed by atoms with Crippen LogP contribution < -0.4 is 0 Å². The Kier molecular flexibility index (Phi) is 3.05. The molecule has 2 aromatic rings. The Labute approximate surface area is 88.5 Å². The van der Waals surface area contributed by atoms with Crippen LogP contribution in [0.2, 0.25) is 0 Å². The normalized spacial score (nSPS) is 10.2. The van der Waals surface area contributed by atoms with Crippen LogP contribution in [-0.4, -0.2) is 21.7 Å². The molecule has 1 heterocycles. The van der Waals surface area contributed by atoms with Gasteiger partial charge in [0.1, 0.15) is 6.33 Å². The average Bonchev–Trinajstić information content (AvgIpc) is 2.31. The van der Waals surface area contributed by atoms with Crippen LogP contribution in [0.15, 0.2) is 43.0 Å². The van der Waals surface area contributed by atoms with Crippen molar-refractivity contribution in [3.8, 4) is 11.1 Å². The summed E-state index contributed by atoms with van der Waals surface area (Å²) in [6, 6.07) is 7.98. The van der Waals surface area contributed by atoms with Crippen LogP contribution in [0.1, 0.15) is 5.56 Å². The van der Waals surface area contributed by atoms with Crippen molar-refractivity contribution in [3.63, 3.8) is 0 Å². The predicted molar refractivity (Wildman–Crippen MR) is 58.3 cm³/mol. The number of nitrogens with zero attached hydrogens (tertiary/aromatic N) is 2. The number of hydrogen-bond donors (Lipinski definition) is 1. The van der Waals surface area contributed by atoms with Crippen molar-refractivity contribution < 1.29 is 5.11 Å². The zero-order valence-corrected chi connectivity index (χ0v) is 8.30. The van der Waals surface area contributed by atoms with Gasteiger partial charge in [-0.25, -0.2) is 9.97 Å². The number of aliphatic hydroxyl groups is 1. The number of aromatic nitrogens is 2. The van der Waals surface area contributed by atoms with Gasteiger partial charge in [0.2, 0.25) is 0 Å². The summed E-state index contributed by atoms with van der Waals surface area (Å²) in [4.78, 5) is 7.98. The van der Waals surface area contributed by atoms with Gasteiger partial charge in [-0.2, -0.15) is 0 Å². The Balaban J connectivity index is 2.43. The van der Waals surface area contributed by atoms with Gasteiger partial charge in [-0.1, -0.05) is 24.3 Å². The third kappa shape index (κ3) is 2.19. The molecule has 2 rings (SSSR count). The van der Waals surface area contributed by atoms with E-state index in [0.29, 0.717) is 6.42 Å². The Morgan fingerprint density at radius 1 is 1.07 bits per heavy atom. The van der Waals surface area contributed by atoms with Crippen molar-refractivity contribution in [1.82, 2.24) is 9.97 Å². The molecule has 0 saturated carbocycles. The van der Waals surface area contributed by atoms with E-state index in [4.69, 9.17) is 5.11 Å². The fourth-order valence-corrected chi connectivity index (χ4v) is 1.58. The second kappa shape index (κ2) is 4.66. The summed E-state index contributed by atoms with van der Waals surface area (Å²) in [6.07, 6.45) is 5.73. The van der Waals surface area contributed by atoms with E-state index in [-0.39, 0.29) is 6.61 Å². The van der Waals surface area contributed by atoms with Gasteiger partial charge in [-0.05, 0) is 17.5 Å². The average molecular weight is 200 g/mol. The van der Waals surface area contributed by atoms with Crippen molar-refractivity contribution in [2.75, 3.05) is 6.61 Å². The Morgan fingerprint density at radius 3 is 2.53 bits per heavy atom. The maximum atomic E-state index is 8.96. The lowest BCUT2D eigenvalue weighted by Gasteiger charge is -2.07. The molecule has 76 valence electrons. The Morgan fingerprint density at radius 2 is 1.80 bits per heavy atom. The third-order valence-corrected chi connectivity index (χ3v) is 2.27. The van der Waals surface area contributed by atoms with Gasteiger partial charge in [-0.15, -0.1) is 0 Å². The van der Waals surface area contributed by atoms with Crippen LogP contribution in [0.25, 0.3) is 11.1 Å². The maximum Gasteiger partial charge on any atom is 0.115 e. The minimum atomic E-state index is 0.157. The van der Waals surface area contributed by atoms with Crippen molar-refractivity contribution in [2.24, 2.45) is 0 Å². The van der Waals surface area contributed by atoms with E-state index in [9.17, 15) is 0 Å². The molecule has 0 atom stereocenters. The highest BCUT2D eigenvalue weighted by atomic mass is 16.2. The highest BCUT2D eigenvalue weighted by molar-refractivity contribution is 5.65. The third-order valence-electron chi connectivity index (χ3n) is 2.27. The molecule has 0 radical (unpaired) electrons. The topological polar surface area (TPSA) is 46.0 Å². The quantitative estimate of drug-likeness (QED) is 0.819. The molecule has 3 nitrogen and oxygen atoms in total. The van der Waals surface area contributed by atoms with E-state index in [1.165, 1.54) is 6.33 Å². The lowest BCUT2D eigenvalue weighted by molar-refractivity contribution is 0.300. The summed E-state index contributed by atoms with van der Waals surface area (Å²) in [5.41, 5.74) is 3.20. The molecule has 1 N–H and O–H groups in total. The van der Waals surface area contributed by atoms with E-state index in [1.54, 1.807) is 12.4 Å². The highest BCUT2D eigenvalue weighted by Gasteiger charge is 2.03. The summed E-state index contributed by atoms with van der Waals surface area (Å²) in [5.74, 6) is 0. The zero-order chi connectivity index (χ0) is 10.5. The van der Waals surface area contributed by atoms with Crippen LogP contribution >= 0.6 is 0 Å².